The van der Waals surface area contributed by atoms with Gasteiger partial charge in [-0.3, -0.25) is 0 Å². The predicted octanol–water partition coefficient (Wildman–Crippen LogP) is 4.90. The lowest BCUT2D eigenvalue weighted by Crippen LogP contribution is -2.12. The Morgan fingerprint density at radius 2 is 1.79 bits per heavy atom. The van der Waals surface area contributed by atoms with Crippen LogP contribution in [0.4, 0.5) is 5.69 Å². The fourth-order valence-electron chi connectivity index (χ4n) is 1.62. The third-order valence-corrected chi connectivity index (χ3v) is 4.14. The molecule has 0 aromatic heterocycles. The minimum atomic E-state index is -0.591. The largest absolute Gasteiger partial charge is 0.387 e. The topological polar surface area (TPSA) is 32.3 Å². The number of halogens is 3. The number of aliphatic hydroxyl groups is 1. The highest BCUT2D eigenvalue weighted by molar-refractivity contribution is 9.10. The average Bonchev–Trinajstić information content (AvgIpc) is 2.40. The molecule has 2 rings (SSSR count). The van der Waals surface area contributed by atoms with E-state index >= 15 is 0 Å². The molecule has 0 spiro atoms. The molecule has 19 heavy (non-hydrogen) atoms. The Bertz CT molecular complexity index is 560. The van der Waals surface area contributed by atoms with E-state index in [1.165, 1.54) is 0 Å². The van der Waals surface area contributed by atoms with Gasteiger partial charge in [0.2, 0.25) is 0 Å². The van der Waals surface area contributed by atoms with Crippen LogP contribution in [0.25, 0.3) is 0 Å². The van der Waals surface area contributed by atoms with Gasteiger partial charge < -0.3 is 10.4 Å². The lowest BCUT2D eigenvalue weighted by molar-refractivity contribution is 0.191. The summed E-state index contributed by atoms with van der Waals surface area (Å²) < 4.78 is 0.820. The Morgan fingerprint density at radius 3 is 2.42 bits per heavy atom. The van der Waals surface area contributed by atoms with Crippen molar-refractivity contribution < 1.29 is 5.11 Å². The summed E-state index contributed by atoms with van der Waals surface area (Å²) in [5.41, 5.74) is 1.72. The molecule has 0 amide bonds. The average molecular weight is 361 g/mol. The monoisotopic (exact) mass is 359 g/mol. The van der Waals surface area contributed by atoms with E-state index in [9.17, 15) is 5.11 Å². The second kappa shape index (κ2) is 6.62. The third-order valence-electron chi connectivity index (χ3n) is 2.67. The van der Waals surface area contributed by atoms with Crippen molar-refractivity contribution in [2.45, 2.75) is 6.10 Å². The number of aliphatic hydroxyl groups excluding tert-OH is 1. The van der Waals surface area contributed by atoms with Gasteiger partial charge in [-0.25, -0.2) is 0 Å². The highest BCUT2D eigenvalue weighted by Crippen LogP contribution is 2.26. The number of rotatable bonds is 4. The first-order chi connectivity index (χ1) is 9.06. The minimum absolute atomic E-state index is 0.412. The first-order valence-corrected chi connectivity index (χ1v) is 7.23. The first-order valence-electron chi connectivity index (χ1n) is 5.69. The lowest BCUT2D eigenvalue weighted by atomic mass is 10.1. The molecule has 0 heterocycles. The molecule has 2 aromatic carbocycles. The summed E-state index contributed by atoms with van der Waals surface area (Å²) in [5.74, 6) is 0. The summed E-state index contributed by atoms with van der Waals surface area (Å²) in [6.07, 6.45) is -0.591. The van der Waals surface area contributed by atoms with Crippen molar-refractivity contribution in [1.29, 1.82) is 0 Å². The lowest BCUT2D eigenvalue weighted by Gasteiger charge is -2.13. The third kappa shape index (κ3) is 4.11. The molecule has 1 atom stereocenters. The Kier molecular flexibility index (Phi) is 5.11. The van der Waals surface area contributed by atoms with Crippen molar-refractivity contribution in [1.82, 2.24) is 0 Å². The van der Waals surface area contributed by atoms with Crippen molar-refractivity contribution in [2.24, 2.45) is 0 Å². The number of hydrogen-bond acceptors (Lipinski definition) is 2. The van der Waals surface area contributed by atoms with Crippen molar-refractivity contribution >= 4 is 44.8 Å². The molecule has 0 saturated carbocycles. The van der Waals surface area contributed by atoms with Crippen LogP contribution in [0.1, 0.15) is 11.7 Å². The molecule has 5 heteroatoms. The van der Waals surface area contributed by atoms with Crippen LogP contribution >= 0.6 is 39.1 Å². The van der Waals surface area contributed by atoms with E-state index < -0.39 is 6.10 Å². The molecule has 0 aliphatic heterocycles. The van der Waals surface area contributed by atoms with E-state index in [1.807, 2.05) is 24.3 Å². The summed E-state index contributed by atoms with van der Waals surface area (Å²) in [6, 6.07) is 12.7. The SMILES string of the molecule is OC(CNc1ccc(Cl)c(Br)c1)c1ccc(Cl)cc1. The highest BCUT2D eigenvalue weighted by atomic mass is 79.9. The summed E-state index contributed by atoms with van der Waals surface area (Å²) in [7, 11) is 0. The maximum atomic E-state index is 10.1. The molecule has 0 aliphatic carbocycles. The first kappa shape index (κ1) is 14.7. The van der Waals surface area contributed by atoms with Crippen molar-refractivity contribution in [3.05, 3.63) is 62.5 Å². The molecule has 0 aliphatic rings. The van der Waals surface area contributed by atoms with Crippen LogP contribution in [-0.2, 0) is 0 Å². The normalized spacial score (nSPS) is 12.2. The molecule has 2 N–H and O–H groups in total. The molecule has 0 radical (unpaired) electrons. The van der Waals surface area contributed by atoms with Crippen molar-refractivity contribution in [3.8, 4) is 0 Å². The molecule has 2 aromatic rings. The van der Waals surface area contributed by atoms with Crippen LogP contribution in [0.2, 0.25) is 10.0 Å². The summed E-state index contributed by atoms with van der Waals surface area (Å²) in [5, 5.41) is 14.5. The standard InChI is InChI=1S/C14H12BrCl2NO/c15-12-7-11(5-6-13(12)17)18-8-14(19)9-1-3-10(16)4-2-9/h1-7,14,18-19H,8H2. The zero-order valence-corrected chi connectivity index (χ0v) is 13.0. The van der Waals surface area contributed by atoms with Gasteiger partial charge in [0.05, 0.1) is 11.1 Å². The van der Waals surface area contributed by atoms with E-state index in [1.54, 1.807) is 18.2 Å². The van der Waals surface area contributed by atoms with Gasteiger partial charge in [0.1, 0.15) is 0 Å². The smallest absolute Gasteiger partial charge is 0.0962 e. The Labute approximate surface area is 130 Å². The quantitative estimate of drug-likeness (QED) is 0.812. The number of anilines is 1. The van der Waals surface area contributed by atoms with Crippen molar-refractivity contribution in [2.75, 3.05) is 11.9 Å². The van der Waals surface area contributed by atoms with E-state index in [0.29, 0.717) is 16.6 Å². The van der Waals surface area contributed by atoms with E-state index in [0.717, 1.165) is 15.7 Å². The van der Waals surface area contributed by atoms with Gasteiger partial charge in [0, 0.05) is 21.7 Å². The van der Waals surface area contributed by atoms with Crippen LogP contribution in [0.15, 0.2) is 46.9 Å². The van der Waals surface area contributed by atoms with Crippen LogP contribution in [-0.4, -0.2) is 11.7 Å². The summed E-state index contributed by atoms with van der Waals surface area (Å²) in [4.78, 5) is 0. The van der Waals surface area contributed by atoms with Gasteiger partial charge in [-0.2, -0.15) is 0 Å². The molecule has 1 unspecified atom stereocenters. The Hall–Kier alpha value is -0.740. The second-order valence-corrected chi connectivity index (χ2v) is 5.78. The van der Waals surface area contributed by atoms with Gasteiger partial charge >= 0.3 is 0 Å². The Morgan fingerprint density at radius 1 is 1.11 bits per heavy atom. The molecule has 0 saturated heterocycles. The predicted molar refractivity (Wildman–Crippen MR) is 84.1 cm³/mol. The van der Waals surface area contributed by atoms with Gasteiger partial charge in [0.25, 0.3) is 0 Å². The highest BCUT2D eigenvalue weighted by Gasteiger charge is 2.07. The maximum Gasteiger partial charge on any atom is 0.0962 e. The minimum Gasteiger partial charge on any atom is -0.387 e. The zero-order valence-electron chi connectivity index (χ0n) is 9.91. The summed E-state index contributed by atoms with van der Waals surface area (Å²) in [6.45, 7) is 0.412. The van der Waals surface area contributed by atoms with Crippen LogP contribution in [0, 0.1) is 0 Å². The molecule has 0 fully saturated rings. The molecule has 100 valence electrons. The van der Waals surface area contributed by atoms with Crippen LogP contribution in [0.3, 0.4) is 0 Å². The maximum absolute atomic E-state index is 10.1. The fourth-order valence-corrected chi connectivity index (χ4v) is 2.25. The van der Waals surface area contributed by atoms with E-state index in [4.69, 9.17) is 23.2 Å². The number of benzene rings is 2. The van der Waals surface area contributed by atoms with E-state index in [2.05, 4.69) is 21.2 Å². The Balaban J connectivity index is 1.98. The summed E-state index contributed by atoms with van der Waals surface area (Å²) >= 11 is 15.1. The second-order valence-electron chi connectivity index (χ2n) is 4.08. The van der Waals surface area contributed by atoms with Gasteiger partial charge in [-0.15, -0.1) is 0 Å². The fraction of sp³-hybridized carbons (Fsp3) is 0.143. The van der Waals surface area contributed by atoms with E-state index in [-0.39, 0.29) is 0 Å². The van der Waals surface area contributed by atoms with Crippen LogP contribution in [0.5, 0.6) is 0 Å². The van der Waals surface area contributed by atoms with Gasteiger partial charge in [0.15, 0.2) is 0 Å². The molecule has 0 bridgehead atoms. The molecular formula is C14H12BrCl2NO. The number of nitrogens with one attached hydrogen (secondary N) is 1. The van der Waals surface area contributed by atoms with Gasteiger partial charge in [-0.05, 0) is 51.8 Å². The molecular weight excluding hydrogens is 349 g/mol. The molecule has 2 nitrogen and oxygen atoms in total. The number of hydrogen-bond donors (Lipinski definition) is 2. The zero-order chi connectivity index (χ0) is 13.8. The van der Waals surface area contributed by atoms with Crippen LogP contribution < -0.4 is 5.32 Å². The van der Waals surface area contributed by atoms with Crippen molar-refractivity contribution in [3.63, 3.8) is 0 Å². The van der Waals surface area contributed by atoms with Gasteiger partial charge in [-0.1, -0.05) is 35.3 Å².